The van der Waals surface area contributed by atoms with Crippen molar-refractivity contribution in [2.75, 3.05) is 6.61 Å². The van der Waals surface area contributed by atoms with Gasteiger partial charge in [0.1, 0.15) is 0 Å². The van der Waals surface area contributed by atoms with Crippen molar-refractivity contribution in [3.63, 3.8) is 0 Å². The third-order valence-electron chi connectivity index (χ3n) is 3.46. The highest BCUT2D eigenvalue weighted by Crippen LogP contribution is 2.36. The normalized spacial score (nSPS) is 35.6. The van der Waals surface area contributed by atoms with Crippen LogP contribution in [0.4, 0.5) is 0 Å². The average Bonchev–Trinajstić information content (AvgIpc) is 2.18. The maximum absolute atomic E-state index is 5.85. The van der Waals surface area contributed by atoms with E-state index in [0.717, 1.165) is 18.9 Å². The van der Waals surface area contributed by atoms with Crippen LogP contribution in [-0.4, -0.2) is 17.0 Å². The predicted molar refractivity (Wildman–Crippen MR) is 65.0 cm³/mol. The third kappa shape index (κ3) is 3.23. The van der Waals surface area contributed by atoms with Crippen LogP contribution in [0.3, 0.4) is 0 Å². The van der Waals surface area contributed by atoms with Crippen LogP contribution in [0.5, 0.6) is 0 Å². The van der Waals surface area contributed by atoms with Crippen molar-refractivity contribution in [1.82, 2.24) is 0 Å². The van der Waals surface area contributed by atoms with E-state index in [0.29, 0.717) is 4.83 Å². The fourth-order valence-electron chi connectivity index (χ4n) is 2.24. The first kappa shape index (κ1) is 12.5. The zero-order chi connectivity index (χ0) is 10.6. The molecule has 1 aliphatic heterocycles. The summed E-state index contributed by atoms with van der Waals surface area (Å²) >= 11 is 3.82. The number of halogens is 1. The van der Waals surface area contributed by atoms with Crippen LogP contribution in [-0.2, 0) is 4.74 Å². The lowest BCUT2D eigenvalue weighted by molar-refractivity contribution is -0.0870. The van der Waals surface area contributed by atoms with Crippen molar-refractivity contribution in [2.45, 2.75) is 63.3 Å². The van der Waals surface area contributed by atoms with E-state index in [1.165, 1.54) is 25.7 Å². The van der Waals surface area contributed by atoms with Gasteiger partial charge in [0.2, 0.25) is 0 Å². The molecule has 0 bridgehead atoms. The topological polar surface area (TPSA) is 9.23 Å². The molecule has 0 aromatic heterocycles. The van der Waals surface area contributed by atoms with Crippen LogP contribution < -0.4 is 0 Å². The molecule has 1 nitrogen and oxygen atoms in total. The van der Waals surface area contributed by atoms with Crippen LogP contribution in [0, 0.1) is 5.92 Å². The Morgan fingerprint density at radius 3 is 2.79 bits per heavy atom. The molecule has 1 heterocycles. The first-order chi connectivity index (χ1) is 6.61. The molecule has 0 aromatic carbocycles. The van der Waals surface area contributed by atoms with Gasteiger partial charge in [-0.2, -0.15) is 0 Å². The summed E-state index contributed by atoms with van der Waals surface area (Å²) in [5.41, 5.74) is 0.142. The van der Waals surface area contributed by atoms with Crippen molar-refractivity contribution in [3.8, 4) is 0 Å². The summed E-state index contributed by atoms with van der Waals surface area (Å²) in [6, 6.07) is 0. The fourth-order valence-corrected chi connectivity index (χ4v) is 3.15. The van der Waals surface area contributed by atoms with Gasteiger partial charge in [-0.05, 0) is 38.5 Å². The molecule has 14 heavy (non-hydrogen) atoms. The van der Waals surface area contributed by atoms with Crippen LogP contribution in [0.2, 0.25) is 0 Å². The van der Waals surface area contributed by atoms with Crippen molar-refractivity contribution < 1.29 is 4.74 Å². The van der Waals surface area contributed by atoms with Gasteiger partial charge in [-0.1, -0.05) is 36.2 Å². The van der Waals surface area contributed by atoms with Gasteiger partial charge in [0, 0.05) is 11.4 Å². The maximum Gasteiger partial charge on any atom is 0.0655 e. The average molecular weight is 263 g/mol. The highest BCUT2D eigenvalue weighted by Gasteiger charge is 2.34. The molecule has 2 heteroatoms. The lowest BCUT2D eigenvalue weighted by atomic mass is 9.83. The van der Waals surface area contributed by atoms with Gasteiger partial charge >= 0.3 is 0 Å². The van der Waals surface area contributed by atoms with Gasteiger partial charge in [-0.3, -0.25) is 0 Å². The van der Waals surface area contributed by atoms with Gasteiger partial charge in [0.25, 0.3) is 0 Å². The minimum Gasteiger partial charge on any atom is -0.375 e. The second-order valence-electron chi connectivity index (χ2n) is 4.71. The molecule has 3 atom stereocenters. The van der Waals surface area contributed by atoms with Crippen LogP contribution in [0.25, 0.3) is 0 Å². The Hall–Kier alpha value is 0.440. The third-order valence-corrected chi connectivity index (χ3v) is 4.66. The summed E-state index contributed by atoms with van der Waals surface area (Å²) in [6.45, 7) is 7.68. The van der Waals surface area contributed by atoms with E-state index in [9.17, 15) is 0 Å². The van der Waals surface area contributed by atoms with Crippen molar-refractivity contribution in [2.24, 2.45) is 5.92 Å². The molecule has 0 radical (unpaired) electrons. The second-order valence-corrected chi connectivity index (χ2v) is 5.89. The summed E-state index contributed by atoms with van der Waals surface area (Å²) in [7, 11) is 0. The standard InChI is InChI=1S/C12H23BrO/c1-4-6-11(13)10-7-8-14-12(3,5-2)9-10/h10-11H,4-9H2,1-3H3. The number of hydrogen-bond acceptors (Lipinski definition) is 1. The lowest BCUT2D eigenvalue weighted by Gasteiger charge is -2.39. The molecular weight excluding hydrogens is 240 g/mol. The van der Waals surface area contributed by atoms with Gasteiger partial charge < -0.3 is 4.74 Å². The molecule has 0 amide bonds. The largest absolute Gasteiger partial charge is 0.375 e. The molecule has 0 spiro atoms. The van der Waals surface area contributed by atoms with Gasteiger partial charge in [-0.25, -0.2) is 0 Å². The molecule has 1 rings (SSSR count). The minimum atomic E-state index is 0.142. The van der Waals surface area contributed by atoms with Gasteiger partial charge in [0.15, 0.2) is 0 Å². The molecule has 3 unspecified atom stereocenters. The SMILES string of the molecule is CCCC(Br)C1CCOC(C)(CC)C1. The maximum atomic E-state index is 5.85. The fraction of sp³-hybridized carbons (Fsp3) is 1.00. The van der Waals surface area contributed by atoms with Crippen molar-refractivity contribution in [1.29, 1.82) is 0 Å². The monoisotopic (exact) mass is 262 g/mol. The highest BCUT2D eigenvalue weighted by atomic mass is 79.9. The van der Waals surface area contributed by atoms with Gasteiger partial charge in [-0.15, -0.1) is 0 Å². The summed E-state index contributed by atoms with van der Waals surface area (Å²) in [4.78, 5) is 0.697. The molecular formula is C12H23BrO. The second kappa shape index (κ2) is 5.50. The van der Waals surface area contributed by atoms with E-state index >= 15 is 0 Å². The summed E-state index contributed by atoms with van der Waals surface area (Å²) in [6.07, 6.45) is 6.15. The Bertz CT molecular complexity index is 172. The zero-order valence-corrected chi connectivity index (χ0v) is 11.3. The molecule has 1 saturated heterocycles. The quantitative estimate of drug-likeness (QED) is 0.692. The Balaban J connectivity index is 2.47. The smallest absolute Gasteiger partial charge is 0.0655 e. The minimum absolute atomic E-state index is 0.142. The Kier molecular flexibility index (Phi) is 4.92. The number of rotatable bonds is 4. The van der Waals surface area contributed by atoms with Crippen LogP contribution in [0.1, 0.15) is 52.9 Å². The molecule has 0 saturated carbocycles. The van der Waals surface area contributed by atoms with Crippen molar-refractivity contribution >= 4 is 15.9 Å². The highest BCUT2D eigenvalue weighted by molar-refractivity contribution is 9.09. The first-order valence-electron chi connectivity index (χ1n) is 5.89. The zero-order valence-electron chi connectivity index (χ0n) is 9.68. The number of hydrogen-bond donors (Lipinski definition) is 0. The van der Waals surface area contributed by atoms with Crippen molar-refractivity contribution in [3.05, 3.63) is 0 Å². The molecule has 0 aromatic rings. The lowest BCUT2D eigenvalue weighted by Crippen LogP contribution is -2.39. The van der Waals surface area contributed by atoms with E-state index < -0.39 is 0 Å². The van der Waals surface area contributed by atoms with E-state index in [1.807, 2.05) is 0 Å². The summed E-state index contributed by atoms with van der Waals surface area (Å²) < 4.78 is 5.85. The summed E-state index contributed by atoms with van der Waals surface area (Å²) in [5, 5.41) is 0. The Morgan fingerprint density at radius 2 is 2.21 bits per heavy atom. The number of ether oxygens (including phenoxy) is 1. The van der Waals surface area contributed by atoms with E-state index in [-0.39, 0.29) is 5.60 Å². The molecule has 0 aliphatic carbocycles. The summed E-state index contributed by atoms with van der Waals surface area (Å²) in [5.74, 6) is 0.814. The number of alkyl halides is 1. The predicted octanol–water partition coefficient (Wildman–Crippen LogP) is 4.15. The molecule has 1 fully saturated rings. The van der Waals surface area contributed by atoms with Gasteiger partial charge in [0.05, 0.1) is 5.60 Å². The van der Waals surface area contributed by atoms with Crippen LogP contribution in [0.15, 0.2) is 0 Å². The molecule has 1 aliphatic rings. The molecule has 0 N–H and O–H groups in total. The van der Waals surface area contributed by atoms with E-state index in [4.69, 9.17) is 4.74 Å². The first-order valence-corrected chi connectivity index (χ1v) is 6.81. The van der Waals surface area contributed by atoms with E-state index in [1.54, 1.807) is 0 Å². The molecule has 84 valence electrons. The van der Waals surface area contributed by atoms with Crippen LogP contribution >= 0.6 is 15.9 Å². The van der Waals surface area contributed by atoms with E-state index in [2.05, 4.69) is 36.7 Å². The Morgan fingerprint density at radius 1 is 1.50 bits per heavy atom. The Labute approximate surface area is 96.7 Å².